The third-order valence-electron chi connectivity index (χ3n) is 3.90. The van der Waals surface area contributed by atoms with E-state index in [0.717, 1.165) is 15.3 Å². The summed E-state index contributed by atoms with van der Waals surface area (Å²) in [5, 5.41) is 6.67. The summed E-state index contributed by atoms with van der Waals surface area (Å²) >= 11 is 1.52. The van der Waals surface area contributed by atoms with Crippen LogP contribution in [0.3, 0.4) is 0 Å². The molecule has 154 valence electrons. The molecule has 11 heteroatoms. The molecule has 0 saturated carbocycles. The lowest BCUT2D eigenvalue weighted by atomic mass is 10.2. The average molecular weight is 439 g/mol. The van der Waals surface area contributed by atoms with E-state index in [9.17, 15) is 14.0 Å². The standard InChI is InChI=1S/C18H19FN6O2S.ClH/c1-12(26)23-17-6-14(4-5-21-17)16-3-2-15(28-16)10-24-11-22-25(18(24)27)9-13(7-19)8-20;/h2-7,11H,8-10,20H2,1H3,(H,21,23,26);1H/b13-7-;. The molecule has 0 unspecified atom stereocenters. The fraction of sp³-hybridized carbons (Fsp3) is 0.222. The van der Waals surface area contributed by atoms with Crippen LogP contribution in [-0.2, 0) is 17.9 Å². The molecule has 0 aliphatic heterocycles. The zero-order valence-electron chi connectivity index (χ0n) is 15.5. The molecule has 29 heavy (non-hydrogen) atoms. The molecule has 3 aromatic rings. The molecule has 0 aromatic carbocycles. The molecule has 0 aliphatic rings. The molecule has 8 nitrogen and oxygen atoms in total. The number of thiophene rings is 1. The van der Waals surface area contributed by atoms with Crippen LogP contribution in [0, 0.1) is 0 Å². The highest BCUT2D eigenvalue weighted by Crippen LogP contribution is 2.29. The molecule has 3 heterocycles. The highest BCUT2D eigenvalue weighted by atomic mass is 35.5. The van der Waals surface area contributed by atoms with Gasteiger partial charge in [0.25, 0.3) is 0 Å². The van der Waals surface area contributed by atoms with E-state index >= 15 is 0 Å². The number of nitrogens with two attached hydrogens (primary N) is 1. The maximum atomic E-state index is 12.7. The van der Waals surface area contributed by atoms with Gasteiger partial charge in [0.15, 0.2) is 0 Å². The first-order valence-electron chi connectivity index (χ1n) is 8.43. The van der Waals surface area contributed by atoms with Crippen molar-refractivity contribution in [2.24, 2.45) is 5.73 Å². The van der Waals surface area contributed by atoms with Crippen molar-refractivity contribution in [1.29, 1.82) is 0 Å². The van der Waals surface area contributed by atoms with Crippen molar-refractivity contribution in [3.63, 3.8) is 0 Å². The Morgan fingerprint density at radius 1 is 1.38 bits per heavy atom. The summed E-state index contributed by atoms with van der Waals surface area (Å²) in [5.74, 6) is 0.294. The largest absolute Gasteiger partial charge is 0.346 e. The molecule has 0 aliphatic carbocycles. The second kappa shape index (κ2) is 10.1. The first-order chi connectivity index (χ1) is 13.5. The van der Waals surface area contributed by atoms with E-state index in [1.165, 1.54) is 33.8 Å². The maximum Gasteiger partial charge on any atom is 0.346 e. The lowest BCUT2D eigenvalue weighted by Crippen LogP contribution is -2.26. The van der Waals surface area contributed by atoms with E-state index in [1.807, 2.05) is 18.2 Å². The average Bonchev–Trinajstić information content (AvgIpc) is 3.28. The van der Waals surface area contributed by atoms with E-state index in [2.05, 4.69) is 15.4 Å². The second-order valence-electron chi connectivity index (χ2n) is 6.05. The summed E-state index contributed by atoms with van der Waals surface area (Å²) in [6, 6.07) is 7.51. The molecule has 3 rings (SSSR count). The molecular weight excluding hydrogens is 419 g/mol. The fourth-order valence-electron chi connectivity index (χ4n) is 2.54. The van der Waals surface area contributed by atoms with E-state index in [1.54, 1.807) is 12.3 Å². The number of hydrogen-bond acceptors (Lipinski definition) is 6. The lowest BCUT2D eigenvalue weighted by Gasteiger charge is -2.03. The Balaban J connectivity index is 0.00000300. The van der Waals surface area contributed by atoms with Gasteiger partial charge in [-0.25, -0.2) is 18.9 Å². The van der Waals surface area contributed by atoms with Crippen LogP contribution in [0.2, 0.25) is 0 Å². The van der Waals surface area contributed by atoms with E-state index in [-0.39, 0.29) is 37.1 Å². The molecule has 0 saturated heterocycles. The van der Waals surface area contributed by atoms with Crippen molar-refractivity contribution >= 4 is 35.5 Å². The minimum atomic E-state index is -0.334. The number of nitrogens with zero attached hydrogens (tertiary/aromatic N) is 4. The van der Waals surface area contributed by atoms with Crippen LogP contribution in [0.1, 0.15) is 11.8 Å². The predicted octanol–water partition coefficient (Wildman–Crippen LogP) is 2.41. The summed E-state index contributed by atoms with van der Waals surface area (Å²) in [7, 11) is 0. The van der Waals surface area contributed by atoms with E-state index < -0.39 is 0 Å². The highest BCUT2D eigenvalue weighted by molar-refractivity contribution is 7.15. The summed E-state index contributed by atoms with van der Waals surface area (Å²) in [5.41, 5.74) is 6.29. The number of aromatic nitrogens is 4. The summed E-state index contributed by atoms with van der Waals surface area (Å²) in [6.07, 6.45) is 3.46. The Labute approximate surface area is 176 Å². The normalized spacial score (nSPS) is 11.2. The van der Waals surface area contributed by atoms with Crippen molar-refractivity contribution in [3.8, 4) is 10.4 Å². The van der Waals surface area contributed by atoms with Crippen molar-refractivity contribution in [2.75, 3.05) is 11.9 Å². The van der Waals surface area contributed by atoms with Gasteiger partial charge in [-0.3, -0.25) is 9.36 Å². The van der Waals surface area contributed by atoms with Crippen LogP contribution in [0.25, 0.3) is 10.4 Å². The van der Waals surface area contributed by atoms with Crippen molar-refractivity contribution < 1.29 is 9.18 Å². The molecule has 0 spiro atoms. The van der Waals surface area contributed by atoms with Gasteiger partial charge < -0.3 is 11.1 Å². The van der Waals surface area contributed by atoms with Gasteiger partial charge >= 0.3 is 5.69 Å². The summed E-state index contributed by atoms with van der Waals surface area (Å²) in [4.78, 5) is 29.6. The van der Waals surface area contributed by atoms with E-state index in [4.69, 9.17) is 5.73 Å². The number of rotatable bonds is 7. The topological polar surface area (TPSA) is 108 Å². The third kappa shape index (κ3) is 5.59. The van der Waals surface area contributed by atoms with Crippen LogP contribution in [0.5, 0.6) is 0 Å². The van der Waals surface area contributed by atoms with Gasteiger partial charge in [-0.1, -0.05) is 0 Å². The molecule has 0 fully saturated rings. The molecule has 0 radical (unpaired) electrons. The van der Waals surface area contributed by atoms with Gasteiger partial charge in [0.1, 0.15) is 12.1 Å². The van der Waals surface area contributed by atoms with Gasteiger partial charge in [-0.2, -0.15) is 5.10 Å². The molecule has 3 N–H and O–H groups in total. The number of pyridine rings is 1. The Hall–Kier alpha value is -2.82. The zero-order valence-corrected chi connectivity index (χ0v) is 17.2. The number of amides is 1. The van der Waals surface area contributed by atoms with Gasteiger partial charge in [-0.15, -0.1) is 23.7 Å². The van der Waals surface area contributed by atoms with Crippen molar-refractivity contribution in [2.45, 2.75) is 20.0 Å². The lowest BCUT2D eigenvalue weighted by molar-refractivity contribution is -0.114. The van der Waals surface area contributed by atoms with Crippen molar-refractivity contribution in [3.05, 3.63) is 64.1 Å². The number of carbonyl (C=O) groups is 1. The predicted molar refractivity (Wildman–Crippen MR) is 113 cm³/mol. The molecule has 1 amide bonds. The van der Waals surface area contributed by atoms with Crippen LogP contribution < -0.4 is 16.7 Å². The van der Waals surface area contributed by atoms with Crippen molar-refractivity contribution in [1.82, 2.24) is 19.3 Å². The number of hydrogen-bond donors (Lipinski definition) is 2. The highest BCUT2D eigenvalue weighted by Gasteiger charge is 2.10. The van der Waals surface area contributed by atoms with Crippen LogP contribution >= 0.6 is 23.7 Å². The Bertz CT molecular complexity index is 1070. The number of anilines is 1. The number of nitrogens with one attached hydrogen (secondary N) is 1. The summed E-state index contributed by atoms with van der Waals surface area (Å²) < 4.78 is 15.3. The molecular formula is C18H20ClFN6O2S. The third-order valence-corrected chi connectivity index (χ3v) is 5.02. The SMILES string of the molecule is CC(=O)Nc1cc(-c2ccc(Cn3cnn(C/C(=C\F)CN)c3=O)s2)ccn1.Cl. The van der Waals surface area contributed by atoms with Gasteiger partial charge in [0, 0.05) is 29.4 Å². The van der Waals surface area contributed by atoms with Gasteiger partial charge in [0.05, 0.1) is 19.4 Å². The van der Waals surface area contributed by atoms with Crippen LogP contribution in [0.4, 0.5) is 10.2 Å². The zero-order chi connectivity index (χ0) is 20.1. The van der Waals surface area contributed by atoms with Crippen LogP contribution in [0.15, 0.2) is 53.5 Å². The quantitative estimate of drug-likeness (QED) is 0.589. The fourth-order valence-corrected chi connectivity index (χ4v) is 3.55. The summed E-state index contributed by atoms with van der Waals surface area (Å²) in [6.45, 7) is 1.83. The second-order valence-corrected chi connectivity index (χ2v) is 7.22. The minimum Gasteiger partial charge on any atom is -0.327 e. The first kappa shape index (κ1) is 22.5. The Kier molecular flexibility index (Phi) is 7.82. The molecule has 0 atom stereocenters. The van der Waals surface area contributed by atoms with Crippen LogP contribution in [-0.4, -0.2) is 31.8 Å². The minimum absolute atomic E-state index is 0. The maximum absolute atomic E-state index is 12.7. The number of halogens is 2. The first-order valence-corrected chi connectivity index (χ1v) is 9.25. The Morgan fingerprint density at radius 3 is 2.86 bits per heavy atom. The van der Waals surface area contributed by atoms with Gasteiger partial charge in [-0.05, 0) is 35.4 Å². The molecule has 3 aromatic heterocycles. The van der Waals surface area contributed by atoms with Gasteiger partial charge in [0.2, 0.25) is 5.91 Å². The smallest absolute Gasteiger partial charge is 0.327 e. The monoisotopic (exact) mass is 438 g/mol. The number of carbonyl (C=O) groups excluding carboxylic acids is 1. The van der Waals surface area contributed by atoms with E-state index in [0.29, 0.717) is 24.3 Å². The molecule has 0 bridgehead atoms. The Morgan fingerprint density at radius 2 is 2.17 bits per heavy atom.